The molecule has 7 heteroatoms. The number of benzene rings is 1. The van der Waals surface area contributed by atoms with Gasteiger partial charge in [0.15, 0.2) is 0 Å². The Balaban J connectivity index is 1.35. The van der Waals surface area contributed by atoms with E-state index < -0.39 is 0 Å². The summed E-state index contributed by atoms with van der Waals surface area (Å²) in [6.07, 6.45) is 6.47. The molecule has 26 heavy (non-hydrogen) atoms. The second-order valence-corrected chi connectivity index (χ2v) is 7.99. The first-order valence-electron chi connectivity index (χ1n) is 9.11. The Bertz CT molecular complexity index is 827. The minimum absolute atomic E-state index is 0.450. The Morgan fingerprint density at radius 3 is 2.92 bits per heavy atom. The second kappa shape index (κ2) is 8.07. The predicted octanol–water partition coefficient (Wildman–Crippen LogP) is 2.77. The largest absolute Gasteiger partial charge is 0.325 e. The minimum atomic E-state index is 0.450. The summed E-state index contributed by atoms with van der Waals surface area (Å²) in [5.41, 5.74) is 7.67. The molecule has 136 valence electrons. The first-order valence-corrected chi connectivity index (χ1v) is 9.93. The maximum Gasteiger partial charge on any atom is 0.123 e. The lowest BCUT2D eigenvalue weighted by Gasteiger charge is -2.32. The van der Waals surface area contributed by atoms with Gasteiger partial charge >= 0.3 is 0 Å². The van der Waals surface area contributed by atoms with Gasteiger partial charge in [-0.25, -0.2) is 4.98 Å². The molecule has 1 atom stereocenters. The fourth-order valence-corrected chi connectivity index (χ4v) is 4.51. The summed E-state index contributed by atoms with van der Waals surface area (Å²) in [5.74, 6) is 0.609. The van der Waals surface area contributed by atoms with Gasteiger partial charge in [-0.3, -0.25) is 9.58 Å². The molecule has 0 unspecified atom stereocenters. The topological polar surface area (TPSA) is 72.9 Å². The van der Waals surface area contributed by atoms with Crippen LogP contribution >= 0.6 is 11.3 Å². The van der Waals surface area contributed by atoms with E-state index in [9.17, 15) is 0 Å². The van der Waals surface area contributed by atoms with E-state index in [0.29, 0.717) is 12.5 Å². The van der Waals surface area contributed by atoms with Gasteiger partial charge in [0.1, 0.15) is 5.01 Å². The third-order valence-corrected chi connectivity index (χ3v) is 5.83. The van der Waals surface area contributed by atoms with Gasteiger partial charge < -0.3 is 5.73 Å². The average Bonchev–Trinajstić information content (AvgIpc) is 3.32. The monoisotopic (exact) mass is 368 g/mol. The lowest BCUT2D eigenvalue weighted by atomic mass is 9.98. The number of piperidine rings is 1. The zero-order valence-corrected chi connectivity index (χ0v) is 15.6. The van der Waals surface area contributed by atoms with Crippen LogP contribution in [0.3, 0.4) is 0 Å². The molecule has 0 radical (unpaired) electrons. The molecule has 1 aliphatic heterocycles. The molecule has 0 saturated carbocycles. The standard InChI is InChI=1S/C19H24N6S/c20-9-17-13-25(23-22-17)12-15-5-4-8-24(11-15)14-18-10-21-19(26-18)16-6-2-1-3-7-16/h1-3,6-7,10,13,15H,4-5,8-9,11-12,14,20H2/t15-/m0/s1. The van der Waals surface area contributed by atoms with Crippen molar-refractivity contribution < 1.29 is 0 Å². The first-order chi connectivity index (χ1) is 12.8. The van der Waals surface area contributed by atoms with E-state index in [-0.39, 0.29) is 0 Å². The fourth-order valence-electron chi connectivity index (χ4n) is 3.54. The molecule has 2 N–H and O–H groups in total. The van der Waals surface area contributed by atoms with Crippen LogP contribution in [0.1, 0.15) is 23.4 Å². The Labute approximate surface area is 157 Å². The van der Waals surface area contributed by atoms with E-state index in [0.717, 1.165) is 36.9 Å². The zero-order chi connectivity index (χ0) is 17.8. The normalized spacial score (nSPS) is 18.3. The van der Waals surface area contributed by atoms with Gasteiger partial charge in [0.25, 0.3) is 0 Å². The second-order valence-electron chi connectivity index (χ2n) is 6.88. The summed E-state index contributed by atoms with van der Waals surface area (Å²) in [6.45, 7) is 4.59. The van der Waals surface area contributed by atoms with Crippen molar-refractivity contribution >= 4 is 11.3 Å². The summed E-state index contributed by atoms with van der Waals surface area (Å²) >= 11 is 1.80. The van der Waals surface area contributed by atoms with E-state index in [4.69, 9.17) is 5.73 Å². The third-order valence-electron chi connectivity index (χ3n) is 4.80. The van der Waals surface area contributed by atoms with Crippen molar-refractivity contribution in [3.05, 3.63) is 53.3 Å². The van der Waals surface area contributed by atoms with Gasteiger partial charge in [-0.1, -0.05) is 35.5 Å². The molecular weight excluding hydrogens is 344 g/mol. The molecule has 0 aliphatic carbocycles. The number of likely N-dealkylation sites (tertiary alicyclic amines) is 1. The van der Waals surface area contributed by atoms with Gasteiger partial charge in [0.05, 0.1) is 5.69 Å². The van der Waals surface area contributed by atoms with Crippen LogP contribution in [0.2, 0.25) is 0 Å². The number of rotatable bonds is 6. The number of hydrogen-bond donors (Lipinski definition) is 1. The maximum absolute atomic E-state index is 5.62. The molecule has 0 bridgehead atoms. The van der Waals surface area contributed by atoms with E-state index in [1.807, 2.05) is 23.1 Å². The number of thiazole rings is 1. The summed E-state index contributed by atoms with van der Waals surface area (Å²) in [5, 5.41) is 9.38. The molecule has 6 nitrogen and oxygen atoms in total. The van der Waals surface area contributed by atoms with Gasteiger partial charge in [-0.05, 0) is 25.3 Å². The SMILES string of the molecule is NCc1cn(C[C@H]2CCCN(Cc3cnc(-c4ccccc4)s3)C2)nn1. The predicted molar refractivity (Wildman–Crippen MR) is 103 cm³/mol. The van der Waals surface area contributed by atoms with Crippen molar-refractivity contribution in [3.63, 3.8) is 0 Å². The fraction of sp³-hybridized carbons (Fsp3) is 0.421. The van der Waals surface area contributed by atoms with Crippen LogP contribution in [-0.2, 0) is 19.6 Å². The maximum atomic E-state index is 5.62. The summed E-state index contributed by atoms with van der Waals surface area (Å²) < 4.78 is 1.94. The molecule has 1 aliphatic rings. The van der Waals surface area contributed by atoms with Crippen molar-refractivity contribution in [1.29, 1.82) is 0 Å². The van der Waals surface area contributed by atoms with Crippen molar-refractivity contribution in [3.8, 4) is 10.6 Å². The molecule has 0 spiro atoms. The molecule has 2 aromatic heterocycles. The Morgan fingerprint density at radius 2 is 2.12 bits per heavy atom. The van der Waals surface area contributed by atoms with Gasteiger partial charge in [0, 0.05) is 49.0 Å². The smallest absolute Gasteiger partial charge is 0.123 e. The van der Waals surface area contributed by atoms with Crippen LogP contribution in [0.4, 0.5) is 0 Å². The molecular formula is C19H24N6S. The Kier molecular flexibility index (Phi) is 5.38. The summed E-state index contributed by atoms with van der Waals surface area (Å²) in [7, 11) is 0. The highest BCUT2D eigenvalue weighted by atomic mass is 32.1. The quantitative estimate of drug-likeness (QED) is 0.724. The zero-order valence-electron chi connectivity index (χ0n) is 14.8. The Morgan fingerprint density at radius 1 is 1.23 bits per heavy atom. The van der Waals surface area contributed by atoms with E-state index >= 15 is 0 Å². The van der Waals surface area contributed by atoms with Gasteiger partial charge in [-0.2, -0.15) is 0 Å². The highest BCUT2D eigenvalue weighted by molar-refractivity contribution is 7.15. The van der Waals surface area contributed by atoms with Crippen molar-refractivity contribution in [2.45, 2.75) is 32.5 Å². The van der Waals surface area contributed by atoms with Gasteiger partial charge in [0.2, 0.25) is 0 Å². The number of aromatic nitrogens is 4. The average molecular weight is 369 g/mol. The van der Waals surface area contributed by atoms with Crippen LogP contribution in [0.15, 0.2) is 42.7 Å². The summed E-state index contributed by atoms with van der Waals surface area (Å²) in [6, 6.07) is 10.4. The molecule has 3 heterocycles. The van der Waals surface area contributed by atoms with Gasteiger partial charge in [-0.15, -0.1) is 16.4 Å². The van der Waals surface area contributed by atoms with Crippen molar-refractivity contribution in [1.82, 2.24) is 24.9 Å². The van der Waals surface area contributed by atoms with Crippen LogP contribution < -0.4 is 5.73 Å². The van der Waals surface area contributed by atoms with Crippen molar-refractivity contribution in [2.75, 3.05) is 13.1 Å². The highest BCUT2D eigenvalue weighted by Gasteiger charge is 2.21. The van der Waals surface area contributed by atoms with Crippen LogP contribution in [0.5, 0.6) is 0 Å². The first kappa shape index (κ1) is 17.3. The van der Waals surface area contributed by atoms with Crippen molar-refractivity contribution in [2.24, 2.45) is 11.7 Å². The molecule has 1 saturated heterocycles. The lowest BCUT2D eigenvalue weighted by molar-refractivity contribution is 0.154. The molecule has 3 aromatic rings. The Hall–Kier alpha value is -2.09. The van der Waals surface area contributed by atoms with Crippen LogP contribution in [0.25, 0.3) is 10.6 Å². The number of nitrogens with zero attached hydrogens (tertiary/aromatic N) is 5. The summed E-state index contributed by atoms with van der Waals surface area (Å²) in [4.78, 5) is 8.48. The molecule has 1 fully saturated rings. The van der Waals surface area contributed by atoms with Crippen LogP contribution in [0, 0.1) is 5.92 Å². The van der Waals surface area contributed by atoms with E-state index in [2.05, 4.69) is 44.5 Å². The molecule has 0 amide bonds. The minimum Gasteiger partial charge on any atom is -0.325 e. The molecule has 1 aromatic carbocycles. The van der Waals surface area contributed by atoms with E-state index in [1.165, 1.54) is 23.3 Å². The number of nitrogens with two attached hydrogens (primary N) is 1. The molecule has 4 rings (SSSR count). The number of hydrogen-bond acceptors (Lipinski definition) is 6. The lowest BCUT2D eigenvalue weighted by Crippen LogP contribution is -2.36. The highest BCUT2D eigenvalue weighted by Crippen LogP contribution is 2.27. The van der Waals surface area contributed by atoms with Crippen LogP contribution in [-0.4, -0.2) is 38.0 Å². The van der Waals surface area contributed by atoms with E-state index in [1.54, 1.807) is 11.3 Å². The third kappa shape index (κ3) is 4.17.